The van der Waals surface area contributed by atoms with Crippen molar-refractivity contribution in [3.63, 3.8) is 0 Å². The Kier molecular flexibility index (Phi) is 10.8. The van der Waals surface area contributed by atoms with E-state index in [0.717, 1.165) is 22.3 Å². The molecule has 0 amide bonds. The van der Waals surface area contributed by atoms with Crippen molar-refractivity contribution in [1.29, 1.82) is 0 Å². The molecular weight excluding hydrogens is 412 g/mol. The summed E-state index contributed by atoms with van der Waals surface area (Å²) in [6, 6.07) is 34.0. The Morgan fingerprint density at radius 3 is 1.56 bits per heavy atom. The van der Waals surface area contributed by atoms with Gasteiger partial charge in [-0.3, -0.25) is 0 Å². The van der Waals surface area contributed by atoms with Gasteiger partial charge in [-0.15, -0.1) is 0 Å². The molecule has 0 atom stereocenters. The molecule has 1 heteroatoms. The van der Waals surface area contributed by atoms with E-state index in [0.29, 0.717) is 0 Å². The molecule has 0 unspecified atom stereocenters. The summed E-state index contributed by atoms with van der Waals surface area (Å²) in [5.41, 5.74) is 5.35. The zero-order chi connectivity index (χ0) is 23.1. The molecule has 180 valence electrons. The van der Waals surface area contributed by atoms with Crippen LogP contribution in [0.5, 0.6) is 5.75 Å². The minimum Gasteiger partial charge on any atom is -0.472 e. The van der Waals surface area contributed by atoms with Crippen molar-refractivity contribution in [3.05, 3.63) is 119 Å². The van der Waals surface area contributed by atoms with Crippen molar-refractivity contribution in [2.75, 3.05) is 0 Å². The number of ether oxygens (including phenoxy) is 1. The average molecular weight is 455 g/mol. The van der Waals surface area contributed by atoms with Crippen LogP contribution in [0.4, 0.5) is 0 Å². The monoisotopic (exact) mass is 454 g/mol. The van der Waals surface area contributed by atoms with E-state index in [4.69, 9.17) is 4.74 Å². The van der Waals surface area contributed by atoms with Crippen LogP contribution in [0.15, 0.2) is 103 Å². The third kappa shape index (κ3) is 4.80. The van der Waals surface area contributed by atoms with E-state index < -0.39 is 5.60 Å². The zero-order valence-corrected chi connectivity index (χ0v) is 20.1. The van der Waals surface area contributed by atoms with E-state index in [1.54, 1.807) is 0 Å². The number of benzene rings is 4. The molecule has 1 aliphatic heterocycles. The Hall–Kier alpha value is -3.32. The van der Waals surface area contributed by atoms with Gasteiger partial charge in [-0.2, -0.15) is 0 Å². The summed E-state index contributed by atoms with van der Waals surface area (Å²) in [4.78, 5) is 0. The maximum Gasteiger partial charge on any atom is 0.181 e. The second kappa shape index (κ2) is 12.8. The highest BCUT2D eigenvalue weighted by atomic mass is 16.5. The van der Waals surface area contributed by atoms with E-state index in [1.807, 2.05) is 27.7 Å². The first-order valence-corrected chi connectivity index (χ1v) is 11.7. The van der Waals surface area contributed by atoms with Gasteiger partial charge in [0.2, 0.25) is 0 Å². The lowest BCUT2D eigenvalue weighted by atomic mass is 9.75. The van der Waals surface area contributed by atoms with Crippen molar-refractivity contribution >= 4 is 16.3 Å². The maximum atomic E-state index is 7.03. The summed E-state index contributed by atoms with van der Waals surface area (Å²) in [5, 5.41) is 2.35. The third-order valence-corrected chi connectivity index (χ3v) is 5.99. The molecule has 5 rings (SSSR count). The molecular formula is C33H42O. The zero-order valence-electron chi connectivity index (χ0n) is 20.1. The Balaban J connectivity index is 0.000000917. The van der Waals surface area contributed by atoms with Crippen LogP contribution in [-0.2, 0) is 5.60 Å². The smallest absolute Gasteiger partial charge is 0.181 e. The number of hydrogen-bond donors (Lipinski definition) is 0. The van der Waals surface area contributed by atoms with Crippen molar-refractivity contribution in [1.82, 2.24) is 0 Å². The van der Waals surface area contributed by atoms with Crippen LogP contribution in [0.2, 0.25) is 0 Å². The lowest BCUT2D eigenvalue weighted by molar-refractivity contribution is 0.148. The standard InChI is InChI=1S/C27H22O.2C2H6.2CH4/c1-19-20(2)27(22-12-5-3-6-13-22,23-14-7-4-8-15-23)28-26-24(19)18-17-21-11-9-10-16-25(21)26;2*1-2;;/h3-18H,1-2H3;2*1-2H3;2*1H4. The van der Waals surface area contributed by atoms with E-state index in [1.165, 1.54) is 22.1 Å². The van der Waals surface area contributed by atoms with Crippen molar-refractivity contribution < 1.29 is 4.74 Å². The maximum absolute atomic E-state index is 7.03. The summed E-state index contributed by atoms with van der Waals surface area (Å²) in [6.07, 6.45) is 0. The molecule has 1 aliphatic rings. The number of rotatable bonds is 2. The summed E-state index contributed by atoms with van der Waals surface area (Å²) in [7, 11) is 0. The predicted octanol–water partition coefficient (Wildman–Crippen LogP) is 10.3. The van der Waals surface area contributed by atoms with Crippen LogP contribution in [0.3, 0.4) is 0 Å². The largest absolute Gasteiger partial charge is 0.472 e. The highest BCUT2D eigenvalue weighted by Gasteiger charge is 2.43. The van der Waals surface area contributed by atoms with Gasteiger partial charge in [0.25, 0.3) is 0 Å². The summed E-state index contributed by atoms with van der Waals surface area (Å²) in [5.74, 6) is 0.967. The van der Waals surface area contributed by atoms with Gasteiger partial charge in [0.1, 0.15) is 5.75 Å². The van der Waals surface area contributed by atoms with Crippen LogP contribution in [0, 0.1) is 0 Å². The van der Waals surface area contributed by atoms with Gasteiger partial charge in [0, 0.05) is 22.1 Å². The van der Waals surface area contributed by atoms with E-state index in [2.05, 4.69) is 111 Å². The Morgan fingerprint density at radius 2 is 1.03 bits per heavy atom. The van der Waals surface area contributed by atoms with E-state index >= 15 is 0 Å². The number of hydrogen-bond acceptors (Lipinski definition) is 1. The summed E-state index contributed by atoms with van der Waals surface area (Å²) in [6.45, 7) is 12.4. The van der Waals surface area contributed by atoms with Gasteiger partial charge < -0.3 is 4.74 Å². The third-order valence-electron chi connectivity index (χ3n) is 5.99. The first-order chi connectivity index (χ1) is 15.7. The molecule has 4 aromatic carbocycles. The minimum atomic E-state index is -0.635. The van der Waals surface area contributed by atoms with Gasteiger partial charge >= 0.3 is 0 Å². The molecule has 0 aromatic heterocycles. The second-order valence-electron chi connectivity index (χ2n) is 7.43. The molecule has 0 fully saturated rings. The van der Waals surface area contributed by atoms with Gasteiger partial charge in [0.15, 0.2) is 5.60 Å². The van der Waals surface area contributed by atoms with Crippen LogP contribution in [0.25, 0.3) is 16.3 Å². The molecule has 0 aliphatic carbocycles. The lowest BCUT2D eigenvalue weighted by Crippen LogP contribution is -2.38. The van der Waals surface area contributed by atoms with Gasteiger partial charge in [-0.1, -0.05) is 140 Å². The molecule has 1 heterocycles. The number of allylic oxidation sites excluding steroid dienone is 1. The van der Waals surface area contributed by atoms with E-state index in [9.17, 15) is 0 Å². The van der Waals surface area contributed by atoms with Crippen molar-refractivity contribution in [2.45, 2.75) is 62.0 Å². The van der Waals surface area contributed by atoms with Crippen LogP contribution in [0.1, 0.15) is 73.1 Å². The highest BCUT2D eigenvalue weighted by molar-refractivity contribution is 5.95. The Labute approximate surface area is 208 Å². The molecule has 0 saturated heterocycles. The van der Waals surface area contributed by atoms with Crippen molar-refractivity contribution in [2.24, 2.45) is 0 Å². The van der Waals surface area contributed by atoms with Crippen molar-refractivity contribution in [3.8, 4) is 5.75 Å². The molecule has 0 saturated carbocycles. The molecule has 0 spiro atoms. The first kappa shape index (κ1) is 28.7. The molecule has 1 nitrogen and oxygen atoms in total. The van der Waals surface area contributed by atoms with E-state index in [-0.39, 0.29) is 14.9 Å². The van der Waals surface area contributed by atoms with Crippen LogP contribution in [-0.4, -0.2) is 0 Å². The van der Waals surface area contributed by atoms with Gasteiger partial charge in [0.05, 0.1) is 0 Å². The normalized spacial score (nSPS) is 12.9. The lowest BCUT2D eigenvalue weighted by Gasteiger charge is -2.42. The first-order valence-electron chi connectivity index (χ1n) is 11.7. The average Bonchev–Trinajstić information content (AvgIpc) is 2.89. The quantitative estimate of drug-likeness (QED) is 0.293. The molecule has 34 heavy (non-hydrogen) atoms. The number of fused-ring (bicyclic) bond motifs is 3. The molecule has 0 bridgehead atoms. The SMILES string of the molecule is C.C.CC.CC.CC1=C(C)C(c2ccccc2)(c2ccccc2)Oc2c1ccc1ccccc21. The van der Waals surface area contributed by atoms with Crippen LogP contribution < -0.4 is 4.74 Å². The molecule has 4 aromatic rings. The van der Waals surface area contributed by atoms with Gasteiger partial charge in [-0.05, 0) is 30.4 Å². The second-order valence-corrected chi connectivity index (χ2v) is 7.43. The summed E-state index contributed by atoms with van der Waals surface area (Å²) >= 11 is 0. The Bertz CT molecular complexity index is 1150. The fourth-order valence-corrected chi connectivity index (χ4v) is 4.41. The highest BCUT2D eigenvalue weighted by Crippen LogP contribution is 2.51. The fraction of sp³-hybridized carbons (Fsp3) is 0.273. The molecule has 0 radical (unpaired) electrons. The minimum absolute atomic E-state index is 0. The summed E-state index contributed by atoms with van der Waals surface area (Å²) < 4.78 is 7.03. The van der Waals surface area contributed by atoms with Crippen LogP contribution >= 0.6 is 0 Å². The van der Waals surface area contributed by atoms with Gasteiger partial charge in [-0.25, -0.2) is 0 Å². The predicted molar refractivity (Wildman–Crippen MR) is 153 cm³/mol. The fourth-order valence-electron chi connectivity index (χ4n) is 4.41. The molecule has 0 N–H and O–H groups in total. The topological polar surface area (TPSA) is 9.23 Å². The Morgan fingerprint density at radius 1 is 0.559 bits per heavy atom.